The SMILES string of the molecule is CC(C)OC[C@@]12CCN1CCOC2. The van der Waals surface area contributed by atoms with Crippen LogP contribution in [0.15, 0.2) is 0 Å². The summed E-state index contributed by atoms with van der Waals surface area (Å²) in [6.07, 6.45) is 1.57. The highest BCUT2D eigenvalue weighted by molar-refractivity contribution is 5.01. The van der Waals surface area contributed by atoms with Gasteiger partial charge in [-0.1, -0.05) is 0 Å². The van der Waals surface area contributed by atoms with Gasteiger partial charge in [0.1, 0.15) is 0 Å². The van der Waals surface area contributed by atoms with Gasteiger partial charge in [-0.25, -0.2) is 0 Å². The normalized spacial score (nSPS) is 34.4. The van der Waals surface area contributed by atoms with Gasteiger partial charge >= 0.3 is 0 Å². The minimum Gasteiger partial charge on any atom is -0.378 e. The summed E-state index contributed by atoms with van der Waals surface area (Å²) >= 11 is 0. The molecule has 3 nitrogen and oxygen atoms in total. The van der Waals surface area contributed by atoms with Crippen molar-refractivity contribution in [3.63, 3.8) is 0 Å². The van der Waals surface area contributed by atoms with Crippen LogP contribution in [0.4, 0.5) is 0 Å². The van der Waals surface area contributed by atoms with E-state index >= 15 is 0 Å². The van der Waals surface area contributed by atoms with Gasteiger partial charge < -0.3 is 9.47 Å². The highest BCUT2D eigenvalue weighted by Crippen LogP contribution is 2.33. The van der Waals surface area contributed by atoms with E-state index in [4.69, 9.17) is 9.47 Å². The molecule has 0 saturated carbocycles. The maximum Gasteiger partial charge on any atom is 0.0691 e. The van der Waals surface area contributed by atoms with Gasteiger partial charge in [-0.15, -0.1) is 0 Å². The third kappa shape index (κ3) is 1.73. The summed E-state index contributed by atoms with van der Waals surface area (Å²) in [5.41, 5.74) is 0.239. The zero-order valence-electron chi connectivity index (χ0n) is 8.58. The van der Waals surface area contributed by atoms with E-state index in [1.54, 1.807) is 0 Å². The van der Waals surface area contributed by atoms with E-state index in [2.05, 4.69) is 18.7 Å². The highest BCUT2D eigenvalue weighted by atomic mass is 16.5. The second kappa shape index (κ2) is 3.56. The largest absolute Gasteiger partial charge is 0.378 e. The zero-order chi connectivity index (χ0) is 9.31. The minimum absolute atomic E-state index is 0.239. The van der Waals surface area contributed by atoms with Crippen molar-refractivity contribution in [2.45, 2.75) is 31.9 Å². The maximum absolute atomic E-state index is 5.68. The van der Waals surface area contributed by atoms with Crippen LogP contribution in [-0.2, 0) is 9.47 Å². The molecule has 2 fully saturated rings. The van der Waals surface area contributed by atoms with Crippen LogP contribution in [0.3, 0.4) is 0 Å². The third-order valence-electron chi connectivity index (χ3n) is 3.08. The summed E-state index contributed by atoms with van der Waals surface area (Å²) in [5, 5.41) is 0. The first kappa shape index (κ1) is 9.44. The molecular formula is C10H19NO2. The monoisotopic (exact) mass is 185 g/mol. The van der Waals surface area contributed by atoms with Gasteiger partial charge in [-0.3, -0.25) is 4.90 Å². The Morgan fingerprint density at radius 3 is 2.85 bits per heavy atom. The van der Waals surface area contributed by atoms with E-state index in [1.165, 1.54) is 13.0 Å². The number of morpholine rings is 1. The van der Waals surface area contributed by atoms with Crippen molar-refractivity contribution >= 4 is 0 Å². The van der Waals surface area contributed by atoms with E-state index in [0.717, 1.165) is 26.4 Å². The standard InChI is InChI=1S/C10H19NO2/c1-9(2)13-8-10-3-4-11(10)5-6-12-7-10/h9H,3-8H2,1-2H3/t10-/m0/s1. The smallest absolute Gasteiger partial charge is 0.0691 e. The molecule has 13 heavy (non-hydrogen) atoms. The number of fused-ring (bicyclic) bond motifs is 1. The van der Waals surface area contributed by atoms with Crippen LogP contribution < -0.4 is 0 Å². The van der Waals surface area contributed by atoms with E-state index in [-0.39, 0.29) is 5.54 Å². The Balaban J connectivity index is 1.87. The van der Waals surface area contributed by atoms with Crippen LogP contribution in [0.25, 0.3) is 0 Å². The van der Waals surface area contributed by atoms with E-state index in [1.807, 2.05) is 0 Å². The van der Waals surface area contributed by atoms with Gasteiger partial charge in [-0.05, 0) is 20.3 Å². The van der Waals surface area contributed by atoms with Crippen molar-refractivity contribution in [1.82, 2.24) is 4.90 Å². The molecule has 2 aliphatic heterocycles. The molecule has 2 aliphatic rings. The second-order valence-electron chi connectivity index (χ2n) is 4.37. The molecular weight excluding hydrogens is 166 g/mol. The lowest BCUT2D eigenvalue weighted by molar-refractivity contribution is -0.163. The third-order valence-corrected chi connectivity index (χ3v) is 3.08. The van der Waals surface area contributed by atoms with Gasteiger partial charge in [0.2, 0.25) is 0 Å². The molecule has 0 spiro atoms. The van der Waals surface area contributed by atoms with Gasteiger partial charge in [0.25, 0.3) is 0 Å². The Hall–Kier alpha value is -0.120. The predicted molar refractivity (Wildman–Crippen MR) is 50.8 cm³/mol. The molecule has 0 amide bonds. The van der Waals surface area contributed by atoms with Crippen molar-refractivity contribution in [3.05, 3.63) is 0 Å². The Labute approximate surface area is 80.0 Å². The molecule has 0 aromatic rings. The Morgan fingerprint density at radius 2 is 2.31 bits per heavy atom. The van der Waals surface area contributed by atoms with Crippen LogP contribution in [-0.4, -0.2) is 49.5 Å². The fraction of sp³-hybridized carbons (Fsp3) is 1.00. The molecule has 76 valence electrons. The first-order chi connectivity index (χ1) is 6.23. The Morgan fingerprint density at radius 1 is 1.46 bits per heavy atom. The van der Waals surface area contributed by atoms with Crippen molar-refractivity contribution in [2.75, 3.05) is 32.9 Å². The molecule has 1 atom stereocenters. The summed E-state index contributed by atoms with van der Waals surface area (Å²) in [4.78, 5) is 2.50. The van der Waals surface area contributed by atoms with Gasteiger partial charge in [0.15, 0.2) is 0 Å². The Kier molecular flexibility index (Phi) is 2.58. The number of hydrogen-bond acceptors (Lipinski definition) is 3. The van der Waals surface area contributed by atoms with Crippen LogP contribution in [0.1, 0.15) is 20.3 Å². The van der Waals surface area contributed by atoms with Crippen LogP contribution in [0.2, 0.25) is 0 Å². The van der Waals surface area contributed by atoms with Gasteiger partial charge in [0.05, 0.1) is 31.5 Å². The van der Waals surface area contributed by atoms with E-state index < -0.39 is 0 Å². The molecule has 2 heterocycles. The first-order valence-corrected chi connectivity index (χ1v) is 5.17. The lowest BCUT2D eigenvalue weighted by Gasteiger charge is -2.55. The fourth-order valence-corrected chi connectivity index (χ4v) is 2.06. The first-order valence-electron chi connectivity index (χ1n) is 5.17. The lowest BCUT2D eigenvalue weighted by atomic mass is 9.85. The summed E-state index contributed by atoms with van der Waals surface area (Å²) in [6, 6.07) is 0. The van der Waals surface area contributed by atoms with Crippen LogP contribution >= 0.6 is 0 Å². The van der Waals surface area contributed by atoms with Gasteiger partial charge in [0, 0.05) is 13.1 Å². The molecule has 0 unspecified atom stereocenters. The van der Waals surface area contributed by atoms with E-state index in [0.29, 0.717) is 6.10 Å². The predicted octanol–water partition coefficient (Wildman–Crippen LogP) is 0.886. The summed E-state index contributed by atoms with van der Waals surface area (Å²) in [7, 11) is 0. The molecule has 0 bridgehead atoms. The summed E-state index contributed by atoms with van der Waals surface area (Å²) in [5.74, 6) is 0. The fourth-order valence-electron chi connectivity index (χ4n) is 2.06. The summed E-state index contributed by atoms with van der Waals surface area (Å²) in [6.45, 7) is 9.08. The maximum atomic E-state index is 5.68. The van der Waals surface area contributed by atoms with Gasteiger partial charge in [-0.2, -0.15) is 0 Å². The zero-order valence-corrected chi connectivity index (χ0v) is 8.58. The van der Waals surface area contributed by atoms with Crippen molar-refractivity contribution in [1.29, 1.82) is 0 Å². The Bertz CT molecular complexity index is 184. The quantitative estimate of drug-likeness (QED) is 0.651. The van der Waals surface area contributed by atoms with Crippen LogP contribution in [0.5, 0.6) is 0 Å². The van der Waals surface area contributed by atoms with E-state index in [9.17, 15) is 0 Å². The number of rotatable bonds is 3. The highest BCUT2D eigenvalue weighted by Gasteiger charge is 2.47. The molecule has 0 aliphatic carbocycles. The number of nitrogens with zero attached hydrogens (tertiary/aromatic N) is 1. The average molecular weight is 185 g/mol. The molecule has 2 saturated heterocycles. The topological polar surface area (TPSA) is 21.7 Å². The second-order valence-corrected chi connectivity index (χ2v) is 4.37. The lowest BCUT2D eigenvalue weighted by Crippen LogP contribution is -2.68. The molecule has 0 aromatic heterocycles. The molecule has 0 N–H and O–H groups in total. The van der Waals surface area contributed by atoms with Crippen molar-refractivity contribution in [2.24, 2.45) is 0 Å². The van der Waals surface area contributed by atoms with Crippen LogP contribution in [0, 0.1) is 0 Å². The van der Waals surface area contributed by atoms with Crippen molar-refractivity contribution in [3.8, 4) is 0 Å². The average Bonchev–Trinajstić information content (AvgIpc) is 2.06. The molecule has 0 radical (unpaired) electrons. The van der Waals surface area contributed by atoms with Crippen molar-refractivity contribution < 1.29 is 9.47 Å². The number of ether oxygens (including phenoxy) is 2. The summed E-state index contributed by atoms with van der Waals surface area (Å²) < 4.78 is 11.2. The molecule has 3 heteroatoms. The molecule has 2 rings (SSSR count). The minimum atomic E-state index is 0.239. The number of hydrogen-bond donors (Lipinski definition) is 0. The molecule has 0 aromatic carbocycles.